The molecule has 0 aliphatic carbocycles. The van der Waals surface area contributed by atoms with E-state index < -0.39 is 0 Å². The van der Waals surface area contributed by atoms with Crippen LogP contribution in [0, 0.1) is 0 Å². The topological polar surface area (TPSA) is 119 Å². The molecule has 0 bridgehead atoms. The first kappa shape index (κ1) is 50.4. The van der Waals surface area contributed by atoms with Gasteiger partial charge in [-0.3, -0.25) is 14.0 Å². The van der Waals surface area contributed by atoms with E-state index in [1.165, 1.54) is 15.5 Å². The minimum Gasteiger partial charge on any atom is -0.311 e. The van der Waals surface area contributed by atoms with Crippen LogP contribution in [0.5, 0.6) is 0 Å². The third-order valence-electron chi connectivity index (χ3n) is 14.9. The average Bonchev–Trinajstić information content (AvgIpc) is 4.12. The minimum absolute atomic E-state index is 0.430. The van der Waals surface area contributed by atoms with Crippen molar-refractivity contribution in [3.63, 3.8) is 0 Å². The molecule has 0 spiro atoms. The minimum atomic E-state index is 0.430. The van der Waals surface area contributed by atoms with Gasteiger partial charge in [0.05, 0.1) is 10.4 Å². The first-order valence-corrected chi connectivity index (χ1v) is 28.6. The molecule has 0 N–H and O–H groups in total. The third-order valence-corrected chi connectivity index (χ3v) is 16.1. The van der Waals surface area contributed by atoms with E-state index in [1.54, 1.807) is 23.7 Å². The molecular formula is C72H48N12S. The Morgan fingerprint density at radius 3 is 1.36 bits per heavy atom. The van der Waals surface area contributed by atoms with E-state index >= 15 is 0 Å². The van der Waals surface area contributed by atoms with E-state index in [9.17, 15) is 0 Å². The van der Waals surface area contributed by atoms with Gasteiger partial charge in [0.15, 0.2) is 23.3 Å². The zero-order valence-electron chi connectivity index (χ0n) is 45.5. The van der Waals surface area contributed by atoms with Crippen molar-refractivity contribution in [2.45, 2.75) is 0 Å². The number of hydrogen-bond acceptors (Lipinski definition) is 11. The molecule has 15 aromatic rings. The number of imidazole rings is 2. The van der Waals surface area contributed by atoms with Crippen molar-refractivity contribution in [1.82, 2.24) is 49.0 Å². The Hall–Kier alpha value is -11.5. The van der Waals surface area contributed by atoms with Gasteiger partial charge in [-0.15, -0.1) is 11.3 Å². The van der Waals surface area contributed by atoms with Crippen LogP contribution in [0.2, 0.25) is 0 Å². The van der Waals surface area contributed by atoms with Crippen molar-refractivity contribution >= 4 is 65.9 Å². The monoisotopic (exact) mass is 1110 g/mol. The van der Waals surface area contributed by atoms with Crippen LogP contribution in [0.1, 0.15) is 0 Å². The van der Waals surface area contributed by atoms with Crippen LogP contribution in [0.25, 0.3) is 100 Å². The zero-order chi connectivity index (χ0) is 56.5. The van der Waals surface area contributed by atoms with Gasteiger partial charge in [0.2, 0.25) is 17.8 Å². The number of thiophene rings is 1. The lowest BCUT2D eigenvalue weighted by Gasteiger charge is -2.25. The standard InChI is InChI=1S/C72H48N12S/c1-6-20-50(21-7-1)65-75-67(79-71(78-65)82-47-45-74-72(82)84(58-30-14-5-15-31-58)62-34-19-33-61-60-32-16-17-35-63(60)85-64(61)62)52-38-36-49(37-39-52)54-24-18-25-55(48-54)68-76-66(51-22-8-2-9-23-51)77-70(80-68)81-46-44-73-69(81)53-40-42-59(43-41-53)83(56-26-10-3-11-27-56)57-28-12-4-13-29-57/h1-48H. The highest BCUT2D eigenvalue weighted by Crippen LogP contribution is 2.45. The predicted octanol–water partition coefficient (Wildman–Crippen LogP) is 17.7. The lowest BCUT2D eigenvalue weighted by atomic mass is 10.0. The summed E-state index contributed by atoms with van der Waals surface area (Å²) >= 11 is 1.77. The number of aromatic nitrogens is 10. The molecule has 0 aliphatic rings. The van der Waals surface area contributed by atoms with Crippen molar-refractivity contribution in [2.75, 3.05) is 9.80 Å². The molecule has 0 saturated heterocycles. The van der Waals surface area contributed by atoms with Crippen LogP contribution in [-0.4, -0.2) is 49.0 Å². The molecule has 10 aromatic carbocycles. The summed E-state index contributed by atoms with van der Waals surface area (Å²) in [6, 6.07) is 91.2. The molecular weight excluding hydrogens is 1060 g/mol. The van der Waals surface area contributed by atoms with Gasteiger partial charge >= 0.3 is 0 Å². The van der Waals surface area contributed by atoms with Gasteiger partial charge in [-0.25, -0.2) is 19.9 Å². The molecule has 15 rings (SSSR count). The summed E-state index contributed by atoms with van der Waals surface area (Å²) in [5.74, 6) is 4.33. The molecule has 13 heteroatoms. The summed E-state index contributed by atoms with van der Waals surface area (Å²) in [7, 11) is 0. The van der Waals surface area contributed by atoms with E-state index in [1.807, 2.05) is 125 Å². The number of anilines is 6. The van der Waals surface area contributed by atoms with Crippen LogP contribution < -0.4 is 9.80 Å². The van der Waals surface area contributed by atoms with Crippen molar-refractivity contribution in [2.24, 2.45) is 0 Å². The maximum absolute atomic E-state index is 5.22. The van der Waals surface area contributed by atoms with Gasteiger partial charge in [-0.2, -0.15) is 19.9 Å². The van der Waals surface area contributed by atoms with Crippen molar-refractivity contribution in [3.8, 4) is 80.0 Å². The lowest BCUT2D eigenvalue weighted by molar-refractivity contribution is 0.895. The van der Waals surface area contributed by atoms with Crippen molar-refractivity contribution in [3.05, 3.63) is 292 Å². The molecule has 5 heterocycles. The zero-order valence-corrected chi connectivity index (χ0v) is 46.3. The molecule has 0 unspecified atom stereocenters. The van der Waals surface area contributed by atoms with Crippen LogP contribution in [0.4, 0.5) is 34.4 Å². The maximum Gasteiger partial charge on any atom is 0.240 e. The smallest absolute Gasteiger partial charge is 0.240 e. The Labute approximate surface area is 493 Å². The third kappa shape index (κ3) is 9.81. The maximum atomic E-state index is 5.22. The first-order chi connectivity index (χ1) is 42.1. The van der Waals surface area contributed by atoms with Crippen molar-refractivity contribution in [1.29, 1.82) is 0 Å². The first-order valence-electron chi connectivity index (χ1n) is 27.8. The molecule has 402 valence electrons. The second kappa shape index (κ2) is 22.1. The Morgan fingerprint density at radius 2 is 0.741 bits per heavy atom. The quantitative estimate of drug-likeness (QED) is 0.104. The van der Waals surface area contributed by atoms with E-state index in [-0.39, 0.29) is 0 Å². The number of rotatable bonds is 14. The van der Waals surface area contributed by atoms with E-state index in [0.717, 1.165) is 72.1 Å². The lowest BCUT2D eigenvalue weighted by Crippen LogP contribution is -2.17. The van der Waals surface area contributed by atoms with Crippen LogP contribution in [0.15, 0.2) is 292 Å². The van der Waals surface area contributed by atoms with E-state index in [2.05, 4.69) is 174 Å². The average molecular weight is 1110 g/mol. The number of hydrogen-bond donors (Lipinski definition) is 0. The fraction of sp³-hybridized carbons (Fsp3) is 0. The van der Waals surface area contributed by atoms with E-state index in [4.69, 9.17) is 39.9 Å². The van der Waals surface area contributed by atoms with Gasteiger partial charge < -0.3 is 4.90 Å². The molecule has 0 radical (unpaired) electrons. The SMILES string of the molecule is c1ccc(-c2nc(-c3cccc(-c4ccc(-c5nc(-c6ccccc6)nc(-n6ccnc6N(c6ccccc6)c6cccc7c6sc6ccccc67)n5)cc4)c3)nc(-n3ccnc3-c3ccc(N(c4ccccc4)c4ccccc4)cc3)n2)cc1. The second-order valence-corrected chi connectivity index (χ2v) is 21.2. The summed E-state index contributed by atoms with van der Waals surface area (Å²) in [6.45, 7) is 0. The number of para-hydroxylation sites is 3. The van der Waals surface area contributed by atoms with Gasteiger partial charge in [0.1, 0.15) is 5.82 Å². The Morgan fingerprint density at radius 1 is 0.306 bits per heavy atom. The molecule has 0 aliphatic heterocycles. The largest absolute Gasteiger partial charge is 0.311 e. The Balaban J connectivity index is 0.772. The summed E-state index contributed by atoms with van der Waals surface area (Å²) in [6.07, 6.45) is 7.39. The summed E-state index contributed by atoms with van der Waals surface area (Å²) in [4.78, 5) is 45.2. The molecule has 0 atom stereocenters. The summed E-state index contributed by atoms with van der Waals surface area (Å²) < 4.78 is 6.25. The molecule has 0 saturated carbocycles. The van der Waals surface area contributed by atoms with Crippen LogP contribution in [-0.2, 0) is 0 Å². The fourth-order valence-electron chi connectivity index (χ4n) is 10.8. The Bertz CT molecular complexity index is 4780. The summed E-state index contributed by atoms with van der Waals surface area (Å²) in [5.41, 5.74) is 11.4. The second-order valence-electron chi connectivity index (χ2n) is 20.1. The summed E-state index contributed by atoms with van der Waals surface area (Å²) in [5, 5.41) is 2.41. The Kier molecular flexibility index (Phi) is 13.1. The number of benzene rings is 10. The highest BCUT2D eigenvalue weighted by Gasteiger charge is 2.25. The highest BCUT2D eigenvalue weighted by atomic mass is 32.1. The van der Waals surface area contributed by atoms with Gasteiger partial charge in [-0.1, -0.05) is 188 Å². The van der Waals surface area contributed by atoms with Gasteiger partial charge in [-0.05, 0) is 90.0 Å². The highest BCUT2D eigenvalue weighted by molar-refractivity contribution is 7.26. The molecule has 0 fully saturated rings. The van der Waals surface area contributed by atoms with Gasteiger partial charge in [0, 0.05) is 90.8 Å². The van der Waals surface area contributed by atoms with E-state index in [0.29, 0.717) is 47.0 Å². The van der Waals surface area contributed by atoms with Gasteiger partial charge in [0.25, 0.3) is 0 Å². The fourth-order valence-corrected chi connectivity index (χ4v) is 12.0. The van der Waals surface area contributed by atoms with Crippen LogP contribution >= 0.6 is 11.3 Å². The number of nitrogens with zero attached hydrogens (tertiary/aromatic N) is 12. The van der Waals surface area contributed by atoms with Crippen LogP contribution in [0.3, 0.4) is 0 Å². The molecule has 85 heavy (non-hydrogen) atoms. The molecule has 12 nitrogen and oxygen atoms in total. The number of fused-ring (bicyclic) bond motifs is 3. The molecule has 5 aromatic heterocycles. The predicted molar refractivity (Wildman–Crippen MR) is 342 cm³/mol. The normalized spacial score (nSPS) is 11.3. The molecule has 0 amide bonds. The van der Waals surface area contributed by atoms with Crippen molar-refractivity contribution < 1.29 is 0 Å².